The van der Waals surface area contributed by atoms with Gasteiger partial charge in [-0.1, -0.05) is 52.0 Å². The van der Waals surface area contributed by atoms with Crippen LogP contribution in [0.4, 0.5) is 0 Å². The minimum Gasteiger partial charge on any atom is -0.310 e. The lowest BCUT2D eigenvalue weighted by Crippen LogP contribution is -2.35. The van der Waals surface area contributed by atoms with Crippen LogP contribution in [0.3, 0.4) is 0 Å². The van der Waals surface area contributed by atoms with Gasteiger partial charge in [0.15, 0.2) is 0 Å². The van der Waals surface area contributed by atoms with Crippen LogP contribution in [-0.4, -0.2) is 6.04 Å². The number of rotatable bonds is 4. The molecule has 1 N–H and O–H groups in total. The quantitative estimate of drug-likeness (QED) is 0.813. The van der Waals surface area contributed by atoms with Gasteiger partial charge in [-0.2, -0.15) is 0 Å². The van der Waals surface area contributed by atoms with Crippen molar-refractivity contribution >= 4 is 0 Å². The van der Waals surface area contributed by atoms with E-state index in [0.29, 0.717) is 11.3 Å². The molecular formula is C18H29N. The summed E-state index contributed by atoms with van der Waals surface area (Å²) in [7, 11) is 0. The SMILES string of the molecule is CC(C)c1ccc(CNC2CCC(C)(C)CC2)cc1. The second-order valence-corrected chi connectivity index (χ2v) is 7.22. The molecule has 0 atom stereocenters. The Bertz CT molecular complexity index is 379. The van der Waals surface area contributed by atoms with Gasteiger partial charge in [-0.05, 0) is 48.1 Å². The van der Waals surface area contributed by atoms with Gasteiger partial charge in [0.25, 0.3) is 0 Å². The van der Waals surface area contributed by atoms with Crippen LogP contribution in [0.15, 0.2) is 24.3 Å². The van der Waals surface area contributed by atoms with Crippen molar-refractivity contribution in [1.82, 2.24) is 5.32 Å². The van der Waals surface area contributed by atoms with Gasteiger partial charge in [-0.25, -0.2) is 0 Å². The van der Waals surface area contributed by atoms with E-state index in [9.17, 15) is 0 Å². The molecule has 1 nitrogen and oxygen atoms in total. The Morgan fingerprint density at radius 3 is 2.21 bits per heavy atom. The summed E-state index contributed by atoms with van der Waals surface area (Å²) in [5, 5.41) is 3.72. The van der Waals surface area contributed by atoms with E-state index in [4.69, 9.17) is 0 Å². The molecule has 0 bridgehead atoms. The molecule has 19 heavy (non-hydrogen) atoms. The number of nitrogens with one attached hydrogen (secondary N) is 1. The Labute approximate surface area is 118 Å². The summed E-state index contributed by atoms with van der Waals surface area (Å²) in [5.41, 5.74) is 3.41. The first-order valence-electron chi connectivity index (χ1n) is 7.78. The second kappa shape index (κ2) is 6.09. The van der Waals surface area contributed by atoms with Gasteiger partial charge in [0.1, 0.15) is 0 Å². The summed E-state index contributed by atoms with van der Waals surface area (Å²) < 4.78 is 0. The summed E-state index contributed by atoms with van der Waals surface area (Å²) in [4.78, 5) is 0. The van der Waals surface area contributed by atoms with E-state index >= 15 is 0 Å². The van der Waals surface area contributed by atoms with Crippen molar-refractivity contribution in [3.63, 3.8) is 0 Å². The molecule has 1 saturated carbocycles. The Morgan fingerprint density at radius 2 is 1.68 bits per heavy atom. The molecule has 0 unspecified atom stereocenters. The second-order valence-electron chi connectivity index (χ2n) is 7.22. The fourth-order valence-corrected chi connectivity index (χ4v) is 2.89. The highest BCUT2D eigenvalue weighted by atomic mass is 14.9. The van der Waals surface area contributed by atoms with Crippen molar-refractivity contribution < 1.29 is 0 Å². The van der Waals surface area contributed by atoms with Gasteiger partial charge in [-0.15, -0.1) is 0 Å². The first-order chi connectivity index (χ1) is 8.96. The minimum atomic E-state index is 0.567. The molecule has 0 heterocycles. The standard InChI is InChI=1S/C18H29N/c1-14(2)16-7-5-15(6-8-16)13-19-17-9-11-18(3,4)12-10-17/h5-8,14,17,19H,9-13H2,1-4H3. The van der Waals surface area contributed by atoms with E-state index in [0.717, 1.165) is 12.6 Å². The molecule has 1 heteroatoms. The van der Waals surface area contributed by atoms with Crippen LogP contribution in [0.2, 0.25) is 0 Å². The van der Waals surface area contributed by atoms with Crippen LogP contribution in [0, 0.1) is 5.41 Å². The molecule has 1 aromatic carbocycles. The van der Waals surface area contributed by atoms with E-state index in [1.165, 1.54) is 36.8 Å². The highest BCUT2D eigenvalue weighted by Gasteiger charge is 2.26. The summed E-state index contributed by atoms with van der Waals surface area (Å²) in [6, 6.07) is 9.81. The van der Waals surface area contributed by atoms with E-state index in [-0.39, 0.29) is 0 Å². The zero-order chi connectivity index (χ0) is 13.9. The largest absolute Gasteiger partial charge is 0.310 e. The van der Waals surface area contributed by atoms with Crippen LogP contribution in [0.5, 0.6) is 0 Å². The molecule has 0 aromatic heterocycles. The maximum atomic E-state index is 3.72. The van der Waals surface area contributed by atoms with Crippen molar-refractivity contribution in [3.05, 3.63) is 35.4 Å². The summed E-state index contributed by atoms with van der Waals surface area (Å²) in [5.74, 6) is 0.627. The van der Waals surface area contributed by atoms with Crippen molar-refractivity contribution in [2.24, 2.45) is 5.41 Å². The first-order valence-corrected chi connectivity index (χ1v) is 7.78. The van der Waals surface area contributed by atoms with Gasteiger partial charge in [0, 0.05) is 12.6 Å². The number of benzene rings is 1. The Hall–Kier alpha value is -0.820. The molecule has 0 radical (unpaired) electrons. The highest BCUT2D eigenvalue weighted by molar-refractivity contribution is 5.24. The number of hydrogen-bond acceptors (Lipinski definition) is 1. The molecule has 0 saturated heterocycles. The van der Waals surface area contributed by atoms with Gasteiger partial charge >= 0.3 is 0 Å². The van der Waals surface area contributed by atoms with Crippen LogP contribution in [-0.2, 0) is 6.54 Å². The van der Waals surface area contributed by atoms with E-state index in [1.54, 1.807) is 0 Å². The molecule has 1 aromatic rings. The lowest BCUT2D eigenvalue weighted by atomic mass is 9.75. The van der Waals surface area contributed by atoms with E-state index in [1.807, 2.05) is 0 Å². The Morgan fingerprint density at radius 1 is 1.11 bits per heavy atom. The zero-order valence-electron chi connectivity index (χ0n) is 13.0. The molecule has 0 aliphatic heterocycles. The molecule has 0 spiro atoms. The third kappa shape index (κ3) is 4.35. The molecule has 1 aliphatic rings. The van der Waals surface area contributed by atoms with E-state index < -0.39 is 0 Å². The molecule has 1 fully saturated rings. The van der Waals surface area contributed by atoms with Crippen molar-refractivity contribution in [2.45, 2.75) is 71.9 Å². The van der Waals surface area contributed by atoms with Gasteiger partial charge in [0.05, 0.1) is 0 Å². The smallest absolute Gasteiger partial charge is 0.0208 e. The van der Waals surface area contributed by atoms with Crippen molar-refractivity contribution in [1.29, 1.82) is 0 Å². The summed E-state index contributed by atoms with van der Waals surface area (Å²) >= 11 is 0. The monoisotopic (exact) mass is 259 g/mol. The van der Waals surface area contributed by atoms with Crippen LogP contribution < -0.4 is 5.32 Å². The minimum absolute atomic E-state index is 0.567. The maximum absolute atomic E-state index is 3.72. The van der Waals surface area contributed by atoms with E-state index in [2.05, 4.69) is 57.3 Å². The predicted octanol–water partition coefficient (Wildman–Crippen LogP) is 4.87. The van der Waals surface area contributed by atoms with Crippen molar-refractivity contribution in [2.75, 3.05) is 0 Å². The number of hydrogen-bond donors (Lipinski definition) is 1. The topological polar surface area (TPSA) is 12.0 Å². The molecule has 1 aliphatic carbocycles. The summed E-state index contributed by atoms with van der Waals surface area (Å²) in [6.45, 7) is 10.3. The summed E-state index contributed by atoms with van der Waals surface area (Å²) in [6.07, 6.45) is 5.38. The fourth-order valence-electron chi connectivity index (χ4n) is 2.89. The Kier molecular flexibility index (Phi) is 4.67. The Balaban J connectivity index is 1.79. The lowest BCUT2D eigenvalue weighted by Gasteiger charge is -2.34. The van der Waals surface area contributed by atoms with Crippen LogP contribution in [0.1, 0.15) is 70.4 Å². The lowest BCUT2D eigenvalue weighted by molar-refractivity contribution is 0.206. The zero-order valence-corrected chi connectivity index (χ0v) is 13.0. The molecule has 106 valence electrons. The average Bonchev–Trinajstić information content (AvgIpc) is 2.38. The van der Waals surface area contributed by atoms with Gasteiger partial charge in [0.2, 0.25) is 0 Å². The van der Waals surface area contributed by atoms with Crippen LogP contribution in [0.25, 0.3) is 0 Å². The van der Waals surface area contributed by atoms with Gasteiger partial charge in [-0.3, -0.25) is 0 Å². The van der Waals surface area contributed by atoms with Crippen LogP contribution >= 0.6 is 0 Å². The fraction of sp³-hybridized carbons (Fsp3) is 0.667. The molecule has 2 rings (SSSR count). The maximum Gasteiger partial charge on any atom is 0.0208 e. The predicted molar refractivity (Wildman–Crippen MR) is 83.4 cm³/mol. The average molecular weight is 259 g/mol. The molecule has 0 amide bonds. The highest BCUT2D eigenvalue weighted by Crippen LogP contribution is 2.35. The molecular weight excluding hydrogens is 230 g/mol. The third-order valence-electron chi connectivity index (χ3n) is 4.58. The van der Waals surface area contributed by atoms with Gasteiger partial charge < -0.3 is 5.32 Å². The van der Waals surface area contributed by atoms with Crippen molar-refractivity contribution in [3.8, 4) is 0 Å². The third-order valence-corrected chi connectivity index (χ3v) is 4.58. The first kappa shape index (κ1) is 14.6. The normalized spacial score (nSPS) is 19.8.